The van der Waals surface area contributed by atoms with Crippen molar-refractivity contribution in [2.75, 3.05) is 5.73 Å². The minimum atomic E-state index is 0.285. The summed E-state index contributed by atoms with van der Waals surface area (Å²) in [4.78, 5) is 0. The van der Waals surface area contributed by atoms with E-state index in [0.717, 1.165) is 28.6 Å². The molecule has 1 heterocycles. The third-order valence-corrected chi connectivity index (χ3v) is 3.94. The lowest BCUT2D eigenvalue weighted by molar-refractivity contribution is -0.106. The van der Waals surface area contributed by atoms with E-state index in [-0.39, 0.29) is 18.3 Å². The predicted octanol–water partition coefficient (Wildman–Crippen LogP) is 3.50. The third-order valence-electron chi connectivity index (χ3n) is 3.21. The highest BCUT2D eigenvalue weighted by Crippen LogP contribution is 2.25. The predicted molar refractivity (Wildman–Crippen MR) is 76.4 cm³/mol. The summed E-state index contributed by atoms with van der Waals surface area (Å²) in [5.41, 5.74) is 7.61. The van der Waals surface area contributed by atoms with E-state index in [9.17, 15) is 0 Å². The van der Waals surface area contributed by atoms with E-state index in [1.807, 2.05) is 18.2 Å². The molecule has 2 atom stereocenters. The van der Waals surface area contributed by atoms with Gasteiger partial charge in [0.25, 0.3) is 0 Å². The summed E-state index contributed by atoms with van der Waals surface area (Å²) in [5.74, 6) is 0. The molecular formula is C14H20BrNO2. The molecule has 0 aliphatic carbocycles. The molecule has 2 rings (SSSR count). The van der Waals surface area contributed by atoms with Gasteiger partial charge in [0.1, 0.15) is 0 Å². The van der Waals surface area contributed by atoms with E-state index in [1.54, 1.807) is 0 Å². The monoisotopic (exact) mass is 313 g/mol. The highest BCUT2D eigenvalue weighted by Gasteiger charge is 2.24. The van der Waals surface area contributed by atoms with E-state index in [4.69, 9.17) is 15.2 Å². The van der Waals surface area contributed by atoms with Crippen LogP contribution in [-0.2, 0) is 16.1 Å². The van der Waals surface area contributed by atoms with Crippen LogP contribution in [0.2, 0.25) is 0 Å². The van der Waals surface area contributed by atoms with Gasteiger partial charge in [0.2, 0.25) is 0 Å². The molecule has 0 saturated carbocycles. The molecule has 1 aliphatic heterocycles. The van der Waals surface area contributed by atoms with Gasteiger partial charge in [0.15, 0.2) is 0 Å². The molecule has 1 aliphatic rings. The van der Waals surface area contributed by atoms with Crippen LogP contribution in [-0.4, -0.2) is 18.3 Å². The second kappa shape index (κ2) is 6.04. The van der Waals surface area contributed by atoms with Crippen LogP contribution in [0.25, 0.3) is 0 Å². The number of halogens is 1. The fraction of sp³-hybridized carbons (Fsp3) is 0.571. The number of benzene rings is 1. The van der Waals surface area contributed by atoms with Crippen molar-refractivity contribution >= 4 is 21.6 Å². The van der Waals surface area contributed by atoms with Crippen molar-refractivity contribution in [1.82, 2.24) is 0 Å². The summed E-state index contributed by atoms with van der Waals surface area (Å²) in [7, 11) is 0. The second-order valence-electron chi connectivity index (χ2n) is 5.01. The lowest BCUT2D eigenvalue weighted by Crippen LogP contribution is -2.34. The Kier molecular flexibility index (Phi) is 4.65. The summed E-state index contributed by atoms with van der Waals surface area (Å²) in [6.45, 7) is 4.82. The van der Waals surface area contributed by atoms with Crippen molar-refractivity contribution in [1.29, 1.82) is 0 Å². The lowest BCUT2D eigenvalue weighted by Gasteiger charge is -2.32. The first-order valence-electron chi connectivity index (χ1n) is 6.35. The van der Waals surface area contributed by atoms with Crippen molar-refractivity contribution < 1.29 is 9.47 Å². The Morgan fingerprint density at radius 1 is 1.33 bits per heavy atom. The Balaban J connectivity index is 1.91. The second-order valence-corrected chi connectivity index (χ2v) is 5.87. The van der Waals surface area contributed by atoms with Crippen molar-refractivity contribution in [3.05, 3.63) is 28.2 Å². The quantitative estimate of drug-likeness (QED) is 0.869. The average molecular weight is 314 g/mol. The Morgan fingerprint density at radius 2 is 2.00 bits per heavy atom. The molecule has 0 amide bonds. The normalized spacial score (nSPS) is 28.3. The first-order valence-corrected chi connectivity index (χ1v) is 7.15. The van der Waals surface area contributed by atoms with Crippen LogP contribution in [0.3, 0.4) is 0 Å². The van der Waals surface area contributed by atoms with Crippen LogP contribution in [0.15, 0.2) is 22.7 Å². The molecule has 1 aromatic rings. The van der Waals surface area contributed by atoms with Crippen molar-refractivity contribution in [3.63, 3.8) is 0 Å². The summed E-state index contributed by atoms with van der Waals surface area (Å²) in [6, 6.07) is 5.82. The third kappa shape index (κ3) is 3.70. The fourth-order valence-electron chi connectivity index (χ4n) is 2.37. The molecule has 0 aromatic heterocycles. The van der Waals surface area contributed by atoms with Gasteiger partial charge in [-0.15, -0.1) is 0 Å². The molecule has 4 heteroatoms. The Bertz CT molecular complexity index is 401. The van der Waals surface area contributed by atoms with E-state index in [2.05, 4.69) is 29.8 Å². The van der Waals surface area contributed by atoms with E-state index in [1.165, 1.54) is 0 Å². The standard InChI is InChI=1S/C14H20BrNO2/c1-9-5-13(6-10(2)18-9)17-8-11-3-4-12(16)7-14(11)15/h3-4,7,9-10,13H,5-6,8,16H2,1-2H3. The van der Waals surface area contributed by atoms with Gasteiger partial charge in [-0.3, -0.25) is 0 Å². The van der Waals surface area contributed by atoms with Crippen LogP contribution >= 0.6 is 15.9 Å². The maximum absolute atomic E-state index is 5.98. The summed E-state index contributed by atoms with van der Waals surface area (Å²) in [5, 5.41) is 0. The minimum Gasteiger partial charge on any atom is -0.399 e. The molecule has 2 N–H and O–H groups in total. The summed E-state index contributed by atoms with van der Waals surface area (Å²) in [6.07, 6.45) is 2.80. The summed E-state index contributed by atoms with van der Waals surface area (Å²) >= 11 is 3.51. The molecule has 1 saturated heterocycles. The summed E-state index contributed by atoms with van der Waals surface area (Å²) < 4.78 is 12.7. The molecule has 0 bridgehead atoms. The van der Waals surface area contributed by atoms with Gasteiger partial charge in [0, 0.05) is 10.2 Å². The number of hydrogen-bond donors (Lipinski definition) is 1. The Labute approximate surface area is 117 Å². The molecule has 0 radical (unpaired) electrons. The first-order chi connectivity index (χ1) is 8.54. The molecule has 18 heavy (non-hydrogen) atoms. The van der Waals surface area contributed by atoms with Gasteiger partial charge in [-0.2, -0.15) is 0 Å². The van der Waals surface area contributed by atoms with E-state index < -0.39 is 0 Å². The van der Waals surface area contributed by atoms with Gasteiger partial charge >= 0.3 is 0 Å². The SMILES string of the molecule is CC1CC(OCc2ccc(N)cc2Br)CC(C)O1. The average Bonchev–Trinajstić information content (AvgIpc) is 2.26. The lowest BCUT2D eigenvalue weighted by atomic mass is 10.0. The number of ether oxygens (including phenoxy) is 2. The minimum absolute atomic E-state index is 0.285. The molecule has 1 aromatic carbocycles. The topological polar surface area (TPSA) is 44.5 Å². The molecule has 0 spiro atoms. The number of rotatable bonds is 3. The molecule has 100 valence electrons. The Hall–Kier alpha value is -0.580. The van der Waals surface area contributed by atoms with Crippen LogP contribution < -0.4 is 5.73 Å². The maximum atomic E-state index is 5.98. The van der Waals surface area contributed by atoms with Gasteiger partial charge in [-0.25, -0.2) is 0 Å². The van der Waals surface area contributed by atoms with Crippen LogP contribution in [0.4, 0.5) is 5.69 Å². The number of nitrogens with two attached hydrogens (primary N) is 1. The van der Waals surface area contributed by atoms with Gasteiger partial charge < -0.3 is 15.2 Å². The molecule has 3 nitrogen and oxygen atoms in total. The van der Waals surface area contributed by atoms with E-state index in [0.29, 0.717) is 6.61 Å². The highest BCUT2D eigenvalue weighted by molar-refractivity contribution is 9.10. The van der Waals surface area contributed by atoms with Crippen LogP contribution in [0.1, 0.15) is 32.3 Å². The van der Waals surface area contributed by atoms with Crippen molar-refractivity contribution in [2.24, 2.45) is 0 Å². The molecular weight excluding hydrogens is 294 g/mol. The fourth-order valence-corrected chi connectivity index (χ4v) is 2.88. The van der Waals surface area contributed by atoms with Crippen LogP contribution in [0, 0.1) is 0 Å². The largest absolute Gasteiger partial charge is 0.399 e. The number of nitrogen functional groups attached to an aromatic ring is 1. The molecule has 1 fully saturated rings. The van der Waals surface area contributed by atoms with Gasteiger partial charge in [0.05, 0.1) is 24.9 Å². The van der Waals surface area contributed by atoms with Crippen molar-refractivity contribution in [2.45, 2.75) is 51.6 Å². The number of anilines is 1. The Morgan fingerprint density at radius 3 is 2.61 bits per heavy atom. The number of hydrogen-bond acceptors (Lipinski definition) is 3. The molecule has 2 unspecified atom stereocenters. The highest BCUT2D eigenvalue weighted by atomic mass is 79.9. The first kappa shape index (κ1) is 13.8. The van der Waals surface area contributed by atoms with Gasteiger partial charge in [-0.05, 0) is 44.4 Å². The zero-order valence-corrected chi connectivity index (χ0v) is 12.4. The smallest absolute Gasteiger partial charge is 0.0731 e. The van der Waals surface area contributed by atoms with Crippen molar-refractivity contribution in [3.8, 4) is 0 Å². The van der Waals surface area contributed by atoms with Crippen LogP contribution in [0.5, 0.6) is 0 Å². The van der Waals surface area contributed by atoms with Gasteiger partial charge in [-0.1, -0.05) is 22.0 Å². The zero-order valence-electron chi connectivity index (χ0n) is 10.9. The maximum Gasteiger partial charge on any atom is 0.0731 e. The van der Waals surface area contributed by atoms with E-state index >= 15 is 0 Å². The zero-order chi connectivity index (χ0) is 13.1.